The summed E-state index contributed by atoms with van der Waals surface area (Å²) in [5, 5.41) is 0.443. The van der Waals surface area contributed by atoms with E-state index < -0.39 is 17.6 Å². The van der Waals surface area contributed by atoms with E-state index in [4.69, 9.17) is 0 Å². The van der Waals surface area contributed by atoms with Gasteiger partial charge in [0.25, 0.3) is 5.91 Å². The molecule has 0 saturated heterocycles. The third kappa shape index (κ3) is 4.07. The molecule has 0 N–H and O–H groups in total. The highest BCUT2D eigenvalue weighted by Crippen LogP contribution is 2.29. The molecule has 1 aliphatic rings. The number of benzene rings is 2. The number of hydrogen-bond donors (Lipinski definition) is 0. The predicted molar refractivity (Wildman–Crippen MR) is 92.5 cm³/mol. The van der Waals surface area contributed by atoms with E-state index in [1.165, 1.54) is 22.7 Å². The summed E-state index contributed by atoms with van der Waals surface area (Å²) < 4.78 is 51.6. The molecule has 0 aliphatic carbocycles. The largest absolute Gasteiger partial charge is 0.416 e. The van der Waals surface area contributed by atoms with E-state index in [1.807, 2.05) is 0 Å². The number of nitrogens with zero attached hydrogens (tertiary/aromatic N) is 2. The normalized spacial score (nSPS) is 14.5. The lowest BCUT2D eigenvalue weighted by Crippen LogP contribution is -2.32. The van der Waals surface area contributed by atoms with Crippen LogP contribution in [0.25, 0.3) is 0 Å². The predicted octanol–water partition coefficient (Wildman–Crippen LogP) is 4.59. The van der Waals surface area contributed by atoms with Gasteiger partial charge in [0, 0.05) is 17.9 Å². The molecule has 1 aliphatic heterocycles. The molecular formula is C18H14F4N2OS. The number of thioether (sulfide) groups is 1. The Morgan fingerprint density at radius 3 is 2.46 bits per heavy atom. The molecule has 1 heterocycles. The average molecular weight is 382 g/mol. The summed E-state index contributed by atoms with van der Waals surface area (Å²) in [6.07, 6.45) is -4.45. The topological polar surface area (TPSA) is 32.7 Å². The van der Waals surface area contributed by atoms with Gasteiger partial charge >= 0.3 is 6.18 Å². The first kappa shape index (κ1) is 18.4. The Morgan fingerprint density at radius 2 is 1.81 bits per heavy atom. The van der Waals surface area contributed by atoms with Crippen LogP contribution in [0.2, 0.25) is 0 Å². The summed E-state index contributed by atoms with van der Waals surface area (Å²) in [7, 11) is 0. The quantitative estimate of drug-likeness (QED) is 0.728. The SMILES string of the molecule is O=C(c1ccc(C(F)(F)F)cc1)N1CCN=C1SCc1ccccc1F. The maximum Gasteiger partial charge on any atom is 0.416 e. The molecule has 0 spiro atoms. The molecule has 26 heavy (non-hydrogen) atoms. The van der Waals surface area contributed by atoms with Crippen molar-refractivity contribution in [2.45, 2.75) is 11.9 Å². The first-order chi connectivity index (χ1) is 12.4. The van der Waals surface area contributed by atoms with E-state index in [1.54, 1.807) is 18.2 Å². The highest BCUT2D eigenvalue weighted by atomic mass is 32.2. The molecule has 3 rings (SSSR count). The van der Waals surface area contributed by atoms with Gasteiger partial charge in [-0.1, -0.05) is 30.0 Å². The van der Waals surface area contributed by atoms with E-state index in [-0.39, 0.29) is 11.4 Å². The Morgan fingerprint density at radius 1 is 1.12 bits per heavy atom. The fourth-order valence-corrected chi connectivity index (χ4v) is 3.49. The molecule has 3 nitrogen and oxygen atoms in total. The Hall–Kier alpha value is -2.35. The van der Waals surface area contributed by atoms with Gasteiger partial charge in [0.2, 0.25) is 0 Å². The van der Waals surface area contributed by atoms with Crippen molar-refractivity contribution in [1.29, 1.82) is 0 Å². The number of rotatable bonds is 3. The summed E-state index contributed by atoms with van der Waals surface area (Å²) in [5.74, 6) is -0.447. The average Bonchev–Trinajstić information content (AvgIpc) is 3.08. The summed E-state index contributed by atoms with van der Waals surface area (Å²) in [6.45, 7) is 0.755. The minimum absolute atomic E-state index is 0.152. The molecule has 0 unspecified atom stereocenters. The number of halogens is 4. The van der Waals surface area contributed by atoms with Gasteiger partial charge in [-0.15, -0.1) is 0 Å². The summed E-state index contributed by atoms with van der Waals surface area (Å²) >= 11 is 1.22. The van der Waals surface area contributed by atoms with E-state index in [0.717, 1.165) is 24.3 Å². The lowest BCUT2D eigenvalue weighted by Gasteiger charge is -2.18. The summed E-state index contributed by atoms with van der Waals surface area (Å²) in [5.41, 5.74) is -0.161. The van der Waals surface area contributed by atoms with E-state index in [9.17, 15) is 22.4 Å². The van der Waals surface area contributed by atoms with Crippen molar-refractivity contribution in [3.63, 3.8) is 0 Å². The highest BCUT2D eigenvalue weighted by molar-refractivity contribution is 8.13. The van der Waals surface area contributed by atoms with Crippen LogP contribution < -0.4 is 0 Å². The monoisotopic (exact) mass is 382 g/mol. The van der Waals surface area contributed by atoms with Gasteiger partial charge in [-0.3, -0.25) is 14.7 Å². The molecule has 2 aromatic carbocycles. The lowest BCUT2D eigenvalue weighted by molar-refractivity contribution is -0.137. The molecule has 0 saturated carbocycles. The number of amides is 1. The minimum Gasteiger partial charge on any atom is -0.286 e. The second kappa shape index (κ2) is 7.49. The zero-order valence-electron chi connectivity index (χ0n) is 13.5. The zero-order chi connectivity index (χ0) is 18.7. The van der Waals surface area contributed by atoms with Gasteiger partial charge in [-0.2, -0.15) is 13.2 Å². The van der Waals surface area contributed by atoms with Gasteiger partial charge < -0.3 is 0 Å². The van der Waals surface area contributed by atoms with Crippen LogP contribution in [0.1, 0.15) is 21.5 Å². The van der Waals surface area contributed by atoms with Crippen molar-refractivity contribution in [1.82, 2.24) is 4.90 Å². The van der Waals surface area contributed by atoms with Crippen LogP contribution in [-0.4, -0.2) is 29.1 Å². The molecule has 8 heteroatoms. The van der Waals surface area contributed by atoms with E-state index in [0.29, 0.717) is 29.6 Å². The van der Waals surface area contributed by atoms with Crippen molar-refractivity contribution in [2.75, 3.05) is 13.1 Å². The molecule has 136 valence electrons. The van der Waals surface area contributed by atoms with Crippen LogP contribution in [0.15, 0.2) is 53.5 Å². The van der Waals surface area contributed by atoms with Gasteiger partial charge in [0.05, 0.1) is 12.1 Å². The number of alkyl halides is 3. The molecule has 2 aromatic rings. The Labute approximate surface area is 151 Å². The Balaban J connectivity index is 1.69. The lowest BCUT2D eigenvalue weighted by atomic mass is 10.1. The van der Waals surface area contributed by atoms with Crippen LogP contribution in [0.5, 0.6) is 0 Å². The first-order valence-electron chi connectivity index (χ1n) is 7.76. The van der Waals surface area contributed by atoms with Crippen molar-refractivity contribution < 1.29 is 22.4 Å². The second-order valence-electron chi connectivity index (χ2n) is 5.58. The van der Waals surface area contributed by atoms with Gasteiger partial charge in [0.1, 0.15) is 5.82 Å². The van der Waals surface area contributed by atoms with Gasteiger partial charge in [-0.05, 0) is 35.9 Å². The summed E-state index contributed by atoms with van der Waals surface area (Å²) in [4.78, 5) is 18.2. The van der Waals surface area contributed by atoms with Gasteiger partial charge in [0.15, 0.2) is 5.17 Å². The smallest absolute Gasteiger partial charge is 0.286 e. The van der Waals surface area contributed by atoms with E-state index >= 15 is 0 Å². The molecule has 0 atom stereocenters. The molecule has 1 amide bonds. The number of carbonyl (C=O) groups excluding carboxylic acids is 1. The maximum absolute atomic E-state index is 13.7. The Bertz CT molecular complexity index is 834. The molecule has 0 fully saturated rings. The van der Waals surface area contributed by atoms with Crippen LogP contribution >= 0.6 is 11.8 Å². The number of aliphatic imine (C=N–C) groups is 1. The fourth-order valence-electron chi connectivity index (χ4n) is 2.45. The molecule has 0 radical (unpaired) electrons. The molecule has 0 bridgehead atoms. The van der Waals surface area contributed by atoms with Crippen LogP contribution in [-0.2, 0) is 11.9 Å². The van der Waals surface area contributed by atoms with E-state index in [2.05, 4.69) is 4.99 Å². The Kier molecular flexibility index (Phi) is 5.31. The number of amidine groups is 1. The zero-order valence-corrected chi connectivity index (χ0v) is 14.3. The number of carbonyl (C=O) groups is 1. The minimum atomic E-state index is -4.45. The molecule has 0 aromatic heterocycles. The fraction of sp³-hybridized carbons (Fsp3) is 0.222. The van der Waals surface area contributed by atoms with Gasteiger partial charge in [-0.25, -0.2) is 4.39 Å². The standard InChI is InChI=1S/C18H14F4N2OS/c19-15-4-2-1-3-13(15)11-26-17-23-9-10-24(17)16(25)12-5-7-14(8-6-12)18(20,21)22/h1-8H,9-11H2. The highest BCUT2D eigenvalue weighted by Gasteiger charge is 2.31. The van der Waals surface area contributed by atoms with Crippen LogP contribution in [0, 0.1) is 5.82 Å². The van der Waals surface area contributed by atoms with Crippen LogP contribution in [0.3, 0.4) is 0 Å². The third-order valence-corrected chi connectivity index (χ3v) is 4.88. The first-order valence-corrected chi connectivity index (χ1v) is 8.74. The van der Waals surface area contributed by atoms with Crippen molar-refractivity contribution in [2.24, 2.45) is 4.99 Å². The van der Waals surface area contributed by atoms with Crippen molar-refractivity contribution >= 4 is 22.8 Å². The number of hydrogen-bond acceptors (Lipinski definition) is 3. The third-order valence-electron chi connectivity index (χ3n) is 3.82. The molecular weight excluding hydrogens is 368 g/mol. The van der Waals surface area contributed by atoms with Crippen molar-refractivity contribution in [3.05, 3.63) is 71.0 Å². The second-order valence-corrected chi connectivity index (χ2v) is 6.52. The van der Waals surface area contributed by atoms with Crippen molar-refractivity contribution in [3.8, 4) is 0 Å². The summed E-state index contributed by atoms with van der Waals surface area (Å²) in [6, 6.07) is 10.4. The van der Waals surface area contributed by atoms with Crippen LogP contribution in [0.4, 0.5) is 17.6 Å². The maximum atomic E-state index is 13.7.